The van der Waals surface area contributed by atoms with Crippen LogP contribution in [0.5, 0.6) is 0 Å². The van der Waals surface area contributed by atoms with Gasteiger partial charge in [0, 0.05) is 3.57 Å². The maximum Gasteiger partial charge on any atom is 0.0130 e. The van der Waals surface area contributed by atoms with Crippen molar-refractivity contribution in [1.29, 1.82) is 0 Å². The van der Waals surface area contributed by atoms with E-state index in [0.29, 0.717) is 0 Å². The lowest BCUT2D eigenvalue weighted by Gasteiger charge is -2.18. The Hall–Kier alpha value is -0.830. The lowest BCUT2D eigenvalue weighted by atomic mass is 9.87. The van der Waals surface area contributed by atoms with Crippen LogP contribution in [0.3, 0.4) is 0 Å². The van der Waals surface area contributed by atoms with Gasteiger partial charge in [0.15, 0.2) is 0 Å². The fourth-order valence-corrected chi connectivity index (χ4v) is 1.84. The van der Waals surface area contributed by atoms with Crippen LogP contribution in [0.1, 0.15) is 31.9 Å². The topological polar surface area (TPSA) is 0 Å². The van der Waals surface area contributed by atoms with Crippen LogP contribution in [0.25, 0.3) is 0 Å². The molecule has 0 radical (unpaired) electrons. The minimum atomic E-state index is 0.282. The van der Waals surface area contributed by atoms with E-state index >= 15 is 0 Å². The lowest BCUT2D eigenvalue weighted by Crippen LogP contribution is -2.10. The van der Waals surface area contributed by atoms with Gasteiger partial charge in [-0.2, -0.15) is 0 Å². The Bertz CT molecular complexity index is 449. The molecule has 2 aromatic rings. The molecule has 0 atom stereocenters. The van der Waals surface area contributed by atoms with E-state index in [2.05, 4.69) is 86.7 Å². The monoisotopic (exact) mass is 352 g/mol. The van der Waals surface area contributed by atoms with Crippen molar-refractivity contribution in [2.75, 3.05) is 0 Å². The van der Waals surface area contributed by atoms with Crippen molar-refractivity contribution in [3.8, 4) is 0 Å². The van der Waals surface area contributed by atoms with Gasteiger partial charge in [0.25, 0.3) is 0 Å². The zero-order valence-electron chi connectivity index (χ0n) is 11.6. The molecule has 0 aliphatic carbocycles. The summed E-state index contributed by atoms with van der Waals surface area (Å²) in [6, 6.07) is 19.0. The Morgan fingerprint density at radius 2 is 1.28 bits per heavy atom. The number of hydrogen-bond donors (Lipinski definition) is 0. The summed E-state index contributed by atoms with van der Waals surface area (Å²) in [7, 11) is 0. The van der Waals surface area contributed by atoms with Gasteiger partial charge in [-0.15, -0.1) is 0 Å². The van der Waals surface area contributed by atoms with Gasteiger partial charge in [-0.1, -0.05) is 68.8 Å². The molecule has 18 heavy (non-hydrogen) atoms. The van der Waals surface area contributed by atoms with Crippen LogP contribution in [0, 0.1) is 10.5 Å². The molecule has 0 bridgehead atoms. The van der Waals surface area contributed by atoms with Crippen LogP contribution in [-0.4, -0.2) is 0 Å². The van der Waals surface area contributed by atoms with Crippen LogP contribution in [-0.2, 0) is 5.41 Å². The van der Waals surface area contributed by atoms with Crippen molar-refractivity contribution in [3.05, 3.63) is 69.3 Å². The molecule has 0 nitrogen and oxygen atoms in total. The van der Waals surface area contributed by atoms with Gasteiger partial charge in [-0.05, 0) is 52.6 Å². The predicted octanol–water partition coefficient (Wildman–Crippen LogP) is 5.58. The van der Waals surface area contributed by atoms with E-state index in [9.17, 15) is 0 Å². The van der Waals surface area contributed by atoms with E-state index < -0.39 is 0 Å². The Balaban J connectivity index is 0.000000199. The molecule has 96 valence electrons. The van der Waals surface area contributed by atoms with Crippen LogP contribution < -0.4 is 0 Å². The summed E-state index contributed by atoms with van der Waals surface area (Å²) >= 11 is 2.32. The smallest absolute Gasteiger partial charge is 0.0130 e. The van der Waals surface area contributed by atoms with Crippen LogP contribution >= 0.6 is 22.6 Å². The van der Waals surface area contributed by atoms with E-state index in [0.717, 1.165) is 0 Å². The molecular weight excluding hydrogens is 331 g/mol. The molecule has 2 aromatic carbocycles. The average Bonchev–Trinajstić information content (AvgIpc) is 2.30. The molecule has 0 fully saturated rings. The maximum absolute atomic E-state index is 2.32. The minimum Gasteiger partial charge on any atom is -0.0622 e. The van der Waals surface area contributed by atoms with Crippen molar-refractivity contribution >= 4 is 22.6 Å². The van der Waals surface area contributed by atoms with E-state index in [-0.39, 0.29) is 5.41 Å². The SMILES string of the molecule is CC(C)(C)c1ccc(I)cc1.Cc1ccccc1. The summed E-state index contributed by atoms with van der Waals surface area (Å²) in [5.74, 6) is 0. The Morgan fingerprint density at radius 3 is 1.61 bits per heavy atom. The van der Waals surface area contributed by atoms with E-state index in [1.807, 2.05) is 18.2 Å². The molecule has 0 unspecified atom stereocenters. The first-order valence-electron chi connectivity index (χ1n) is 6.17. The summed E-state index contributed by atoms with van der Waals surface area (Å²) in [5.41, 5.74) is 3.00. The highest BCUT2D eigenvalue weighted by atomic mass is 127. The van der Waals surface area contributed by atoms with Crippen LogP contribution in [0.15, 0.2) is 54.6 Å². The predicted molar refractivity (Wildman–Crippen MR) is 89.0 cm³/mol. The first-order chi connectivity index (χ1) is 8.39. The van der Waals surface area contributed by atoms with E-state index in [1.54, 1.807) is 0 Å². The standard InChI is InChI=1S/C10H13I.C7H8/c1-10(2,3)8-4-6-9(11)7-5-8;1-7-5-3-2-4-6-7/h4-7H,1-3H3;2-6H,1H3. The second-order valence-electron chi connectivity index (χ2n) is 5.41. The highest BCUT2D eigenvalue weighted by Crippen LogP contribution is 2.22. The zero-order valence-corrected chi connectivity index (χ0v) is 13.7. The van der Waals surface area contributed by atoms with Gasteiger partial charge in [-0.3, -0.25) is 0 Å². The zero-order chi connectivity index (χ0) is 13.6. The van der Waals surface area contributed by atoms with Crippen molar-refractivity contribution in [1.82, 2.24) is 0 Å². The number of rotatable bonds is 0. The van der Waals surface area contributed by atoms with Gasteiger partial charge in [0.1, 0.15) is 0 Å². The molecule has 0 aliphatic rings. The Labute approximate surface area is 125 Å². The Kier molecular flexibility index (Phi) is 5.86. The third-order valence-electron chi connectivity index (χ3n) is 2.65. The molecule has 0 saturated carbocycles. The molecule has 0 spiro atoms. The molecule has 0 N–H and O–H groups in total. The second-order valence-corrected chi connectivity index (χ2v) is 6.66. The van der Waals surface area contributed by atoms with Crippen LogP contribution in [0.2, 0.25) is 0 Å². The second kappa shape index (κ2) is 6.93. The fourth-order valence-electron chi connectivity index (χ4n) is 1.48. The van der Waals surface area contributed by atoms with Crippen molar-refractivity contribution in [2.24, 2.45) is 0 Å². The molecule has 0 amide bonds. The number of benzene rings is 2. The summed E-state index contributed by atoms with van der Waals surface area (Å²) in [5, 5.41) is 0. The fraction of sp³-hybridized carbons (Fsp3) is 0.294. The third kappa shape index (κ3) is 5.67. The number of hydrogen-bond acceptors (Lipinski definition) is 0. The van der Waals surface area contributed by atoms with Crippen molar-refractivity contribution in [3.63, 3.8) is 0 Å². The Morgan fingerprint density at radius 1 is 0.778 bits per heavy atom. The van der Waals surface area contributed by atoms with Crippen molar-refractivity contribution in [2.45, 2.75) is 33.1 Å². The quantitative estimate of drug-likeness (QED) is 0.543. The van der Waals surface area contributed by atoms with Crippen LogP contribution in [0.4, 0.5) is 0 Å². The third-order valence-corrected chi connectivity index (χ3v) is 3.37. The van der Waals surface area contributed by atoms with Gasteiger partial charge in [0.05, 0.1) is 0 Å². The summed E-state index contributed by atoms with van der Waals surface area (Å²) < 4.78 is 1.30. The normalized spacial score (nSPS) is 10.5. The van der Waals surface area contributed by atoms with Gasteiger partial charge in [-0.25, -0.2) is 0 Å². The van der Waals surface area contributed by atoms with Crippen molar-refractivity contribution < 1.29 is 0 Å². The highest BCUT2D eigenvalue weighted by Gasteiger charge is 2.12. The largest absolute Gasteiger partial charge is 0.0622 e. The first-order valence-corrected chi connectivity index (χ1v) is 7.25. The molecular formula is C17H21I. The average molecular weight is 352 g/mol. The number of halogens is 1. The molecule has 0 aromatic heterocycles. The van der Waals surface area contributed by atoms with E-state index in [1.165, 1.54) is 14.7 Å². The number of aryl methyl sites for hydroxylation is 1. The summed E-state index contributed by atoms with van der Waals surface area (Å²) in [6.07, 6.45) is 0. The molecule has 0 saturated heterocycles. The van der Waals surface area contributed by atoms with E-state index in [4.69, 9.17) is 0 Å². The maximum atomic E-state index is 2.32. The minimum absolute atomic E-state index is 0.282. The molecule has 2 rings (SSSR count). The van der Waals surface area contributed by atoms with Gasteiger partial charge < -0.3 is 0 Å². The van der Waals surface area contributed by atoms with Gasteiger partial charge >= 0.3 is 0 Å². The first kappa shape index (κ1) is 15.2. The van der Waals surface area contributed by atoms with Gasteiger partial charge in [0.2, 0.25) is 0 Å². The molecule has 1 heteroatoms. The molecule has 0 aliphatic heterocycles. The highest BCUT2D eigenvalue weighted by molar-refractivity contribution is 14.1. The summed E-state index contributed by atoms with van der Waals surface area (Å²) in [4.78, 5) is 0. The lowest BCUT2D eigenvalue weighted by molar-refractivity contribution is 0.590. The summed E-state index contributed by atoms with van der Waals surface area (Å²) in [6.45, 7) is 8.78. The molecule has 0 heterocycles.